The molecule has 2 nitrogen and oxygen atoms in total. The van der Waals surface area contributed by atoms with Crippen molar-refractivity contribution in [3.05, 3.63) is 131 Å². The molecule has 0 heterocycles. The number of alkyl halides is 12. The van der Waals surface area contributed by atoms with Gasteiger partial charge < -0.3 is 9.05 Å². The minimum Gasteiger partial charge on any atom is -0.472 e. The van der Waals surface area contributed by atoms with Gasteiger partial charge in [0.1, 0.15) is 29.1 Å². The first-order valence-corrected chi connectivity index (χ1v) is 16.6. The smallest absolute Gasteiger partial charge is 0.416 e. The third-order valence-electron chi connectivity index (χ3n) is 7.76. The van der Waals surface area contributed by atoms with Crippen LogP contribution in [0.4, 0.5) is 52.7 Å². The van der Waals surface area contributed by atoms with Gasteiger partial charge in [-0.05, 0) is 70.1 Å². The van der Waals surface area contributed by atoms with Crippen LogP contribution in [-0.2, 0) is 24.7 Å². The fraction of sp³-hybridized carbons (Fsp3) is 0.111. The molecule has 0 saturated carbocycles. The van der Waals surface area contributed by atoms with Crippen molar-refractivity contribution in [2.75, 3.05) is 0 Å². The molecule has 0 N–H and O–H groups in total. The quantitative estimate of drug-likeness (QED) is 0.119. The number of halogens is 12. The predicted octanol–water partition coefficient (Wildman–Crippen LogP) is 12.3. The number of fused-ring (bicyclic) bond motifs is 2. The van der Waals surface area contributed by atoms with Gasteiger partial charge in [0.15, 0.2) is 0 Å². The monoisotopic (exact) mass is 774 g/mol. The first kappa shape index (κ1) is 37.2. The second-order valence-electron chi connectivity index (χ2n) is 11.3. The van der Waals surface area contributed by atoms with Crippen molar-refractivity contribution in [1.82, 2.24) is 0 Å². The largest absolute Gasteiger partial charge is 0.472 e. The Hall–Kier alpha value is -4.54. The van der Waals surface area contributed by atoms with Crippen LogP contribution in [-0.4, -0.2) is 0 Å². The zero-order valence-corrected chi connectivity index (χ0v) is 27.7. The van der Waals surface area contributed by atoms with Crippen LogP contribution in [0.2, 0.25) is 0 Å². The van der Waals surface area contributed by atoms with E-state index >= 15 is 0 Å². The zero-order valence-electron chi connectivity index (χ0n) is 25.7. The summed E-state index contributed by atoms with van der Waals surface area (Å²) in [5, 5.41) is 1.41. The number of hydrogen-bond acceptors (Lipinski definition) is 2. The van der Waals surface area contributed by atoms with Gasteiger partial charge in [0.25, 0.3) is 0 Å². The summed E-state index contributed by atoms with van der Waals surface area (Å²) < 4.78 is 175. The van der Waals surface area contributed by atoms with E-state index in [1.165, 1.54) is 12.1 Å². The molecule has 52 heavy (non-hydrogen) atoms. The molecule has 0 spiro atoms. The molecular formula is C36H20F12O2P2. The Morgan fingerprint density at radius 2 is 0.673 bits per heavy atom. The van der Waals surface area contributed by atoms with Gasteiger partial charge >= 0.3 is 24.7 Å². The Morgan fingerprint density at radius 1 is 0.365 bits per heavy atom. The molecular weight excluding hydrogens is 754 g/mol. The first-order valence-electron chi connectivity index (χ1n) is 14.8. The molecule has 2 unspecified atom stereocenters. The zero-order chi connectivity index (χ0) is 37.6. The van der Waals surface area contributed by atoms with Gasteiger partial charge in [-0.25, -0.2) is 0 Å². The number of benzene rings is 6. The fourth-order valence-corrected chi connectivity index (χ4v) is 7.10. The van der Waals surface area contributed by atoms with E-state index in [4.69, 9.17) is 9.05 Å². The van der Waals surface area contributed by atoms with Crippen molar-refractivity contribution in [3.8, 4) is 22.6 Å². The molecule has 0 aromatic heterocycles. The standard InChI is InChI=1S/C36H20F12O2P2/c37-33(38,39)21-13-22(34(40,41)42)16-25(15-21)51-49-29-11-9-19-5-1-3-7-27(19)31(29)32-28-8-4-2-6-20(28)10-12-30(32)50-52-26-17-23(35(43,44)45)14-24(18-26)36(46,47)48/h1-18,51-52H. The highest BCUT2D eigenvalue weighted by atomic mass is 31.1. The average molecular weight is 774 g/mol. The number of rotatable bonds is 7. The van der Waals surface area contributed by atoms with E-state index in [2.05, 4.69) is 0 Å². The molecule has 0 fully saturated rings. The van der Waals surface area contributed by atoms with Crippen molar-refractivity contribution in [1.29, 1.82) is 0 Å². The molecule has 0 radical (unpaired) electrons. The van der Waals surface area contributed by atoms with Gasteiger partial charge in [-0.3, -0.25) is 0 Å². The fourth-order valence-electron chi connectivity index (χ4n) is 5.44. The van der Waals surface area contributed by atoms with Gasteiger partial charge in [-0.15, -0.1) is 0 Å². The van der Waals surface area contributed by atoms with E-state index in [1.54, 1.807) is 60.7 Å². The lowest BCUT2D eigenvalue weighted by Crippen LogP contribution is -2.15. The van der Waals surface area contributed by atoms with Crippen molar-refractivity contribution in [2.45, 2.75) is 24.7 Å². The third kappa shape index (κ3) is 8.08. The highest BCUT2D eigenvalue weighted by molar-refractivity contribution is 7.42. The topological polar surface area (TPSA) is 18.5 Å². The summed E-state index contributed by atoms with van der Waals surface area (Å²) in [6.45, 7) is 0. The van der Waals surface area contributed by atoms with Crippen LogP contribution in [0.15, 0.2) is 109 Å². The highest BCUT2D eigenvalue weighted by Gasteiger charge is 2.38. The Balaban J connectivity index is 1.49. The first-order chi connectivity index (χ1) is 24.3. The minimum atomic E-state index is -5.09. The van der Waals surface area contributed by atoms with Crippen molar-refractivity contribution in [2.24, 2.45) is 0 Å². The lowest BCUT2D eigenvalue weighted by Gasteiger charge is -2.20. The second-order valence-corrected chi connectivity index (χ2v) is 13.3. The van der Waals surface area contributed by atoms with Crippen LogP contribution in [0.3, 0.4) is 0 Å². The van der Waals surface area contributed by atoms with Crippen LogP contribution < -0.4 is 19.7 Å². The van der Waals surface area contributed by atoms with Crippen molar-refractivity contribution in [3.63, 3.8) is 0 Å². The Kier molecular flexibility index (Phi) is 9.87. The molecule has 2 atom stereocenters. The highest BCUT2D eigenvalue weighted by Crippen LogP contribution is 2.48. The predicted molar refractivity (Wildman–Crippen MR) is 177 cm³/mol. The minimum absolute atomic E-state index is 0.00198. The molecule has 6 aromatic carbocycles. The molecule has 6 rings (SSSR count). The van der Waals surface area contributed by atoms with Gasteiger partial charge in [0.05, 0.1) is 22.3 Å². The van der Waals surface area contributed by atoms with E-state index in [-0.39, 0.29) is 34.8 Å². The van der Waals surface area contributed by atoms with Crippen LogP contribution in [0.5, 0.6) is 11.5 Å². The van der Waals surface area contributed by atoms with E-state index in [1.807, 2.05) is 0 Å². The molecule has 0 bridgehead atoms. The molecule has 0 amide bonds. The molecule has 270 valence electrons. The SMILES string of the molecule is FC(F)(F)c1cc(POc2ccc3ccccc3c2-c2c(OPc3cc(C(F)(F)F)cc(C(F)(F)F)c3)ccc3ccccc23)cc(C(F)(F)F)c1. The summed E-state index contributed by atoms with van der Waals surface area (Å²) >= 11 is 0. The van der Waals surface area contributed by atoms with E-state index in [0.717, 1.165) is 0 Å². The number of hydrogen-bond donors (Lipinski definition) is 0. The summed E-state index contributed by atoms with van der Waals surface area (Å²) in [5.74, 6) is 0.0110. The maximum Gasteiger partial charge on any atom is 0.416 e. The van der Waals surface area contributed by atoms with Crippen molar-refractivity contribution >= 4 is 49.8 Å². The van der Waals surface area contributed by atoms with E-state index in [0.29, 0.717) is 45.8 Å². The second kappa shape index (κ2) is 13.8. The van der Waals surface area contributed by atoms with Crippen LogP contribution in [0.1, 0.15) is 22.3 Å². The van der Waals surface area contributed by atoms with E-state index in [9.17, 15) is 52.7 Å². The average Bonchev–Trinajstić information content (AvgIpc) is 3.07. The normalized spacial score (nSPS) is 13.2. The van der Waals surface area contributed by atoms with Crippen LogP contribution in [0, 0.1) is 0 Å². The van der Waals surface area contributed by atoms with Gasteiger partial charge in [0.2, 0.25) is 0 Å². The van der Waals surface area contributed by atoms with Crippen molar-refractivity contribution < 1.29 is 61.7 Å². The maximum absolute atomic E-state index is 13.6. The van der Waals surface area contributed by atoms with E-state index < -0.39 is 75.2 Å². The van der Waals surface area contributed by atoms with Gasteiger partial charge in [-0.1, -0.05) is 60.7 Å². The summed E-state index contributed by atoms with van der Waals surface area (Å²) in [4.78, 5) is 0. The molecule has 6 aromatic rings. The maximum atomic E-state index is 13.6. The molecule has 0 aliphatic rings. The molecule has 16 heteroatoms. The molecule has 0 aliphatic heterocycles. The molecule has 0 aliphatic carbocycles. The van der Waals surface area contributed by atoms with Gasteiger partial charge in [0, 0.05) is 21.7 Å². The Labute approximate surface area is 290 Å². The summed E-state index contributed by atoms with van der Waals surface area (Å²) in [5.41, 5.74) is -5.57. The van der Waals surface area contributed by atoms with Gasteiger partial charge in [-0.2, -0.15) is 52.7 Å². The summed E-state index contributed by atoms with van der Waals surface area (Å²) in [7, 11) is -2.14. The summed E-state index contributed by atoms with van der Waals surface area (Å²) in [6, 6.07) is 21.9. The lowest BCUT2D eigenvalue weighted by atomic mass is 9.92. The Bertz CT molecular complexity index is 2050. The van der Waals surface area contributed by atoms with Crippen LogP contribution >= 0.6 is 17.6 Å². The third-order valence-corrected chi connectivity index (χ3v) is 9.46. The molecule has 0 saturated heterocycles. The summed E-state index contributed by atoms with van der Waals surface area (Å²) in [6.07, 6.45) is -20.4. The lowest BCUT2D eigenvalue weighted by molar-refractivity contribution is -0.144. The Morgan fingerprint density at radius 3 is 0.981 bits per heavy atom. The van der Waals surface area contributed by atoms with Crippen LogP contribution in [0.25, 0.3) is 32.7 Å².